The molecule has 8 heteroatoms. The van der Waals surface area contributed by atoms with Crippen LogP contribution in [0.1, 0.15) is 17.2 Å². The number of hydrogen-bond acceptors (Lipinski definition) is 6. The lowest BCUT2D eigenvalue weighted by molar-refractivity contribution is -0.517. The highest BCUT2D eigenvalue weighted by Crippen LogP contribution is 2.55. The Bertz CT molecular complexity index is 1110. The zero-order valence-corrected chi connectivity index (χ0v) is 16.3. The Labute approximate surface area is 174 Å². The molecule has 1 heterocycles. The largest absolute Gasteiger partial charge is 0.497 e. The number of hydrogen-bond donors (Lipinski definition) is 0. The van der Waals surface area contributed by atoms with Crippen LogP contribution in [0.15, 0.2) is 48.5 Å². The highest BCUT2D eigenvalue weighted by atomic mass is 16.5. The Morgan fingerprint density at radius 2 is 1.33 bits per heavy atom. The fourth-order valence-corrected chi connectivity index (χ4v) is 3.35. The van der Waals surface area contributed by atoms with Gasteiger partial charge in [0, 0.05) is 5.56 Å². The quantitative estimate of drug-likeness (QED) is 0.730. The first-order valence-electron chi connectivity index (χ1n) is 8.82. The van der Waals surface area contributed by atoms with Crippen molar-refractivity contribution in [2.45, 2.75) is 11.6 Å². The second-order valence-electron chi connectivity index (χ2n) is 6.50. The topological polar surface area (TPSA) is 131 Å². The van der Waals surface area contributed by atoms with E-state index < -0.39 is 17.0 Å². The number of ether oxygens (including phenoxy) is 2. The van der Waals surface area contributed by atoms with Gasteiger partial charge >= 0.3 is 5.54 Å². The number of nitrogens with zero attached hydrogens (tertiary/aromatic N) is 6. The van der Waals surface area contributed by atoms with E-state index in [2.05, 4.69) is 5.43 Å². The molecular weight excluding hydrogens is 380 g/mol. The highest BCUT2D eigenvalue weighted by Gasteiger charge is 2.69. The van der Waals surface area contributed by atoms with Gasteiger partial charge in [-0.05, 0) is 42.4 Å². The van der Waals surface area contributed by atoms with E-state index in [0.717, 1.165) is 4.68 Å². The maximum absolute atomic E-state index is 9.98. The van der Waals surface area contributed by atoms with Gasteiger partial charge in [0.15, 0.2) is 18.4 Å². The van der Waals surface area contributed by atoms with Crippen LogP contribution >= 0.6 is 0 Å². The smallest absolute Gasteiger partial charge is 0.360 e. The third-order valence-electron chi connectivity index (χ3n) is 5.06. The summed E-state index contributed by atoms with van der Waals surface area (Å²) >= 11 is 0. The molecule has 8 nitrogen and oxygen atoms in total. The molecule has 1 saturated heterocycles. The molecule has 1 atom stereocenters. The van der Waals surface area contributed by atoms with Crippen LogP contribution in [-0.2, 0) is 0 Å². The maximum atomic E-state index is 9.98. The van der Waals surface area contributed by atoms with Crippen molar-refractivity contribution in [3.63, 3.8) is 0 Å². The standard InChI is InChI=1S/C22H16N6O2/c1-29-18-7-3-16(4-8-18)11-28-22(14-25,15-26)21(12-23,13-24)20(27-28)17-5-9-19(30-2)10-6-17/h3-11,20H,1-2H3/b28-11-. The van der Waals surface area contributed by atoms with E-state index in [1.807, 2.05) is 24.3 Å². The third kappa shape index (κ3) is 2.85. The third-order valence-corrected chi connectivity index (χ3v) is 5.06. The molecule has 146 valence electrons. The van der Waals surface area contributed by atoms with Crippen LogP contribution in [0, 0.1) is 50.7 Å². The number of rotatable bonds is 4. The molecule has 2 aromatic carbocycles. The van der Waals surface area contributed by atoms with Crippen molar-refractivity contribution in [3.8, 4) is 35.8 Å². The highest BCUT2D eigenvalue weighted by molar-refractivity contribution is 5.77. The molecule has 0 amide bonds. The lowest BCUT2D eigenvalue weighted by Crippen LogP contribution is -2.48. The number of methoxy groups -OCH3 is 2. The normalized spacial score (nSPS) is 19.4. The van der Waals surface area contributed by atoms with Crippen LogP contribution in [0.5, 0.6) is 11.5 Å². The summed E-state index contributed by atoms with van der Waals surface area (Å²) in [5, 5.41) is 39.9. The SMILES string of the molecule is COc1ccc(/C=[N+]2\[N-]C(c3ccc(OC)cc3)C(C#N)(C#N)C2(C#N)C#N)cc1. The lowest BCUT2D eigenvalue weighted by atomic mass is 9.68. The van der Waals surface area contributed by atoms with Crippen molar-refractivity contribution in [2.24, 2.45) is 5.41 Å². The van der Waals surface area contributed by atoms with Crippen LogP contribution in [0.25, 0.3) is 5.43 Å². The first-order valence-corrected chi connectivity index (χ1v) is 8.82. The molecule has 1 aliphatic heterocycles. The first-order chi connectivity index (χ1) is 14.5. The van der Waals surface area contributed by atoms with Gasteiger partial charge in [-0.15, -0.1) is 0 Å². The van der Waals surface area contributed by atoms with Crippen LogP contribution in [-0.4, -0.2) is 30.7 Å². The predicted octanol–water partition coefficient (Wildman–Crippen LogP) is 3.00. The van der Waals surface area contributed by atoms with Gasteiger partial charge in [-0.1, -0.05) is 17.7 Å². The van der Waals surface area contributed by atoms with E-state index in [1.165, 1.54) is 13.3 Å². The molecule has 1 aliphatic rings. The summed E-state index contributed by atoms with van der Waals surface area (Å²) in [7, 11) is 3.06. The average Bonchev–Trinajstić information content (AvgIpc) is 3.09. The van der Waals surface area contributed by atoms with Gasteiger partial charge in [0.2, 0.25) is 5.41 Å². The summed E-state index contributed by atoms with van der Waals surface area (Å²) < 4.78 is 11.4. The molecule has 0 aliphatic carbocycles. The zero-order valence-electron chi connectivity index (χ0n) is 16.3. The Morgan fingerprint density at radius 1 is 0.833 bits per heavy atom. The summed E-state index contributed by atoms with van der Waals surface area (Å²) in [5.41, 5.74) is 1.41. The van der Waals surface area contributed by atoms with Crippen molar-refractivity contribution in [1.29, 1.82) is 21.0 Å². The predicted molar refractivity (Wildman–Crippen MR) is 105 cm³/mol. The van der Waals surface area contributed by atoms with E-state index in [9.17, 15) is 21.0 Å². The summed E-state index contributed by atoms with van der Waals surface area (Å²) in [6.07, 6.45) is 1.47. The summed E-state index contributed by atoms with van der Waals surface area (Å²) in [6.45, 7) is 0. The molecule has 0 aromatic heterocycles. The van der Waals surface area contributed by atoms with Crippen LogP contribution in [0.3, 0.4) is 0 Å². The van der Waals surface area contributed by atoms with Crippen LogP contribution in [0.4, 0.5) is 0 Å². The van der Waals surface area contributed by atoms with E-state index >= 15 is 0 Å². The summed E-state index contributed by atoms with van der Waals surface area (Å²) in [6, 6.07) is 20.1. The molecular formula is C22H16N6O2. The summed E-state index contributed by atoms with van der Waals surface area (Å²) in [5.74, 6) is 1.22. The fraction of sp³-hybridized carbons (Fsp3) is 0.227. The van der Waals surface area contributed by atoms with Gasteiger partial charge in [0.25, 0.3) is 0 Å². The maximum Gasteiger partial charge on any atom is 0.360 e. The van der Waals surface area contributed by atoms with E-state index in [4.69, 9.17) is 9.47 Å². The molecule has 0 spiro atoms. The minimum Gasteiger partial charge on any atom is -0.497 e. The Balaban J connectivity index is 2.20. The summed E-state index contributed by atoms with van der Waals surface area (Å²) in [4.78, 5) is 0. The van der Waals surface area contributed by atoms with Gasteiger partial charge < -0.3 is 14.9 Å². The van der Waals surface area contributed by atoms with Gasteiger partial charge in [0.05, 0.1) is 26.4 Å². The molecule has 0 N–H and O–H groups in total. The van der Waals surface area contributed by atoms with Crippen molar-refractivity contribution in [3.05, 3.63) is 65.1 Å². The molecule has 0 radical (unpaired) electrons. The minimum absolute atomic E-state index is 0.513. The number of benzene rings is 2. The zero-order chi connectivity index (χ0) is 21.8. The number of nitriles is 4. The Kier molecular flexibility index (Phi) is 5.28. The van der Waals surface area contributed by atoms with Crippen LogP contribution in [0.2, 0.25) is 0 Å². The van der Waals surface area contributed by atoms with Gasteiger partial charge in [-0.25, -0.2) is 4.68 Å². The van der Waals surface area contributed by atoms with Crippen molar-refractivity contribution < 1.29 is 14.2 Å². The minimum atomic E-state index is -2.14. The van der Waals surface area contributed by atoms with Crippen molar-refractivity contribution >= 4 is 6.21 Å². The van der Waals surface area contributed by atoms with Gasteiger partial charge in [-0.2, -0.15) is 21.0 Å². The van der Waals surface area contributed by atoms with E-state index in [0.29, 0.717) is 22.6 Å². The van der Waals surface area contributed by atoms with Crippen molar-refractivity contribution in [1.82, 2.24) is 0 Å². The molecule has 30 heavy (non-hydrogen) atoms. The van der Waals surface area contributed by atoms with E-state index in [1.54, 1.807) is 55.6 Å². The van der Waals surface area contributed by atoms with Crippen molar-refractivity contribution in [2.75, 3.05) is 14.2 Å². The first kappa shape index (κ1) is 20.2. The lowest BCUT2D eigenvalue weighted by Gasteiger charge is -2.26. The molecule has 0 bridgehead atoms. The van der Waals surface area contributed by atoms with Gasteiger partial charge in [-0.3, -0.25) is 0 Å². The Morgan fingerprint density at radius 3 is 1.77 bits per heavy atom. The van der Waals surface area contributed by atoms with E-state index in [-0.39, 0.29) is 0 Å². The Hall–Kier alpha value is -4.53. The van der Waals surface area contributed by atoms with Crippen LogP contribution < -0.4 is 9.47 Å². The second kappa shape index (κ2) is 7.84. The molecule has 1 fully saturated rings. The monoisotopic (exact) mass is 396 g/mol. The van der Waals surface area contributed by atoms with Gasteiger partial charge in [0.1, 0.15) is 11.5 Å². The fourth-order valence-electron chi connectivity index (χ4n) is 3.35. The second-order valence-corrected chi connectivity index (χ2v) is 6.50. The molecule has 3 rings (SSSR count). The average molecular weight is 396 g/mol. The molecule has 1 unspecified atom stereocenters. The molecule has 0 saturated carbocycles. The molecule has 2 aromatic rings.